The van der Waals surface area contributed by atoms with Crippen LogP contribution in [0.3, 0.4) is 0 Å². The van der Waals surface area contributed by atoms with Gasteiger partial charge in [0.25, 0.3) is 0 Å². The SMILES string of the molecule is COc1cccc([C@]2(O)C(CN)[C@H](O)CCC2(C)C)c1. The number of hydrogen-bond acceptors (Lipinski definition) is 4. The van der Waals surface area contributed by atoms with Crippen LogP contribution in [0.1, 0.15) is 32.3 Å². The van der Waals surface area contributed by atoms with E-state index < -0.39 is 11.7 Å². The van der Waals surface area contributed by atoms with Crippen molar-refractivity contribution in [3.63, 3.8) is 0 Å². The van der Waals surface area contributed by atoms with Crippen molar-refractivity contribution in [2.75, 3.05) is 13.7 Å². The van der Waals surface area contributed by atoms with E-state index in [0.717, 1.165) is 12.0 Å². The maximum Gasteiger partial charge on any atom is 0.119 e. The third-order valence-electron chi connectivity index (χ3n) is 4.86. The molecule has 0 heterocycles. The molecule has 2 rings (SSSR count). The van der Waals surface area contributed by atoms with Gasteiger partial charge >= 0.3 is 0 Å². The van der Waals surface area contributed by atoms with Gasteiger partial charge in [-0.25, -0.2) is 0 Å². The zero-order valence-electron chi connectivity index (χ0n) is 12.5. The summed E-state index contributed by atoms with van der Waals surface area (Å²) in [4.78, 5) is 0. The first kappa shape index (κ1) is 15.3. The van der Waals surface area contributed by atoms with E-state index in [1.807, 2.05) is 38.1 Å². The van der Waals surface area contributed by atoms with E-state index >= 15 is 0 Å². The molecule has 4 nitrogen and oxygen atoms in total. The van der Waals surface area contributed by atoms with E-state index in [1.165, 1.54) is 0 Å². The lowest BCUT2D eigenvalue weighted by Gasteiger charge is -2.53. The average Bonchev–Trinajstić information content (AvgIpc) is 2.44. The Morgan fingerprint density at radius 3 is 2.70 bits per heavy atom. The number of nitrogens with two attached hydrogens (primary N) is 1. The van der Waals surface area contributed by atoms with Gasteiger partial charge in [0.05, 0.1) is 13.2 Å². The van der Waals surface area contributed by atoms with Crippen LogP contribution in [-0.4, -0.2) is 30.0 Å². The Balaban J connectivity index is 2.55. The summed E-state index contributed by atoms with van der Waals surface area (Å²) < 4.78 is 5.25. The fourth-order valence-corrected chi connectivity index (χ4v) is 3.47. The molecule has 112 valence electrons. The minimum atomic E-state index is -1.16. The summed E-state index contributed by atoms with van der Waals surface area (Å²) >= 11 is 0. The van der Waals surface area contributed by atoms with Gasteiger partial charge in [0.1, 0.15) is 11.4 Å². The number of aliphatic hydroxyl groups excluding tert-OH is 1. The van der Waals surface area contributed by atoms with Crippen LogP contribution in [0, 0.1) is 11.3 Å². The molecule has 1 aliphatic rings. The molecule has 20 heavy (non-hydrogen) atoms. The highest BCUT2D eigenvalue weighted by Crippen LogP contribution is 2.53. The number of ether oxygens (including phenoxy) is 1. The molecule has 1 aliphatic carbocycles. The number of benzene rings is 1. The van der Waals surface area contributed by atoms with Crippen LogP contribution < -0.4 is 10.5 Å². The Hall–Kier alpha value is -1.10. The molecule has 4 heteroatoms. The highest BCUT2D eigenvalue weighted by molar-refractivity contribution is 5.35. The number of methoxy groups -OCH3 is 1. The second-order valence-electron chi connectivity index (χ2n) is 6.33. The molecule has 1 aromatic carbocycles. The quantitative estimate of drug-likeness (QED) is 0.786. The van der Waals surface area contributed by atoms with Crippen LogP contribution >= 0.6 is 0 Å². The lowest BCUT2D eigenvalue weighted by Crippen LogP contribution is -2.58. The summed E-state index contributed by atoms with van der Waals surface area (Å²) in [5.74, 6) is 0.320. The van der Waals surface area contributed by atoms with Gasteiger partial charge in [0, 0.05) is 12.5 Å². The normalized spacial score (nSPS) is 32.9. The molecular weight excluding hydrogens is 254 g/mol. The van der Waals surface area contributed by atoms with Crippen LogP contribution in [-0.2, 0) is 5.60 Å². The van der Waals surface area contributed by atoms with E-state index in [1.54, 1.807) is 7.11 Å². The molecule has 0 spiro atoms. The second kappa shape index (κ2) is 5.35. The largest absolute Gasteiger partial charge is 0.497 e. The molecule has 1 unspecified atom stereocenters. The standard InChI is InChI=1S/C16H25NO3/c1-15(2)8-7-14(18)13(10-17)16(15,19)11-5-4-6-12(9-11)20-3/h4-6,9,13-14,18-19H,7-8,10,17H2,1-3H3/t13?,14-,16+/m1/s1. The van der Waals surface area contributed by atoms with Crippen LogP contribution in [0.15, 0.2) is 24.3 Å². The molecule has 0 amide bonds. The zero-order valence-corrected chi connectivity index (χ0v) is 12.5. The topological polar surface area (TPSA) is 75.7 Å². The number of hydrogen-bond donors (Lipinski definition) is 3. The summed E-state index contributed by atoms with van der Waals surface area (Å²) in [6.07, 6.45) is 0.837. The second-order valence-corrected chi connectivity index (χ2v) is 6.33. The fraction of sp³-hybridized carbons (Fsp3) is 0.625. The van der Waals surface area contributed by atoms with Gasteiger partial charge < -0.3 is 20.7 Å². The first-order valence-electron chi connectivity index (χ1n) is 7.12. The van der Waals surface area contributed by atoms with Crippen molar-refractivity contribution in [2.45, 2.75) is 38.4 Å². The molecule has 1 aromatic rings. The van der Waals surface area contributed by atoms with E-state index in [9.17, 15) is 10.2 Å². The highest BCUT2D eigenvalue weighted by Gasteiger charge is 2.55. The van der Waals surface area contributed by atoms with Gasteiger partial charge in [0.2, 0.25) is 0 Å². The average molecular weight is 279 g/mol. The van der Waals surface area contributed by atoms with Gasteiger partial charge in [-0.1, -0.05) is 26.0 Å². The van der Waals surface area contributed by atoms with E-state index in [4.69, 9.17) is 10.5 Å². The Morgan fingerprint density at radius 1 is 1.40 bits per heavy atom. The summed E-state index contributed by atoms with van der Waals surface area (Å²) in [6.45, 7) is 4.31. The van der Waals surface area contributed by atoms with Crippen LogP contribution in [0.4, 0.5) is 0 Å². The van der Waals surface area contributed by atoms with Crippen molar-refractivity contribution in [1.82, 2.24) is 0 Å². The highest BCUT2D eigenvalue weighted by atomic mass is 16.5. The molecule has 1 fully saturated rings. The Labute approximate surface area is 120 Å². The summed E-state index contributed by atoms with van der Waals surface area (Å²) in [7, 11) is 1.60. The molecule has 0 aliphatic heterocycles. The fourth-order valence-electron chi connectivity index (χ4n) is 3.47. The van der Waals surface area contributed by atoms with Crippen molar-refractivity contribution in [3.05, 3.63) is 29.8 Å². The summed E-state index contributed by atoms with van der Waals surface area (Å²) in [5.41, 5.74) is 5.09. The van der Waals surface area contributed by atoms with Crippen LogP contribution in [0.5, 0.6) is 5.75 Å². The predicted molar refractivity (Wildman–Crippen MR) is 78.5 cm³/mol. The maximum atomic E-state index is 11.4. The number of aliphatic hydroxyl groups is 2. The molecular formula is C16H25NO3. The first-order valence-corrected chi connectivity index (χ1v) is 7.12. The van der Waals surface area contributed by atoms with Crippen molar-refractivity contribution < 1.29 is 14.9 Å². The predicted octanol–water partition coefficient (Wildman–Crippen LogP) is 1.64. The first-order chi connectivity index (χ1) is 9.36. The Bertz CT molecular complexity index is 475. The van der Waals surface area contributed by atoms with E-state index in [0.29, 0.717) is 12.2 Å². The molecule has 0 aromatic heterocycles. The van der Waals surface area contributed by atoms with Crippen molar-refractivity contribution in [3.8, 4) is 5.75 Å². The zero-order chi connectivity index (χ0) is 15.0. The molecule has 1 saturated carbocycles. The minimum Gasteiger partial charge on any atom is -0.497 e. The van der Waals surface area contributed by atoms with E-state index in [2.05, 4.69) is 0 Å². The van der Waals surface area contributed by atoms with Crippen LogP contribution in [0.25, 0.3) is 0 Å². The monoisotopic (exact) mass is 279 g/mol. The van der Waals surface area contributed by atoms with Crippen molar-refractivity contribution in [1.29, 1.82) is 0 Å². The smallest absolute Gasteiger partial charge is 0.119 e. The van der Waals surface area contributed by atoms with Crippen molar-refractivity contribution >= 4 is 0 Å². The summed E-state index contributed by atoms with van der Waals surface area (Å²) in [6, 6.07) is 7.42. The van der Waals surface area contributed by atoms with Gasteiger partial charge in [-0.15, -0.1) is 0 Å². The van der Waals surface area contributed by atoms with Gasteiger partial charge in [-0.05, 0) is 36.0 Å². The van der Waals surface area contributed by atoms with Crippen LogP contribution in [0.2, 0.25) is 0 Å². The molecule has 4 N–H and O–H groups in total. The summed E-state index contributed by atoms with van der Waals surface area (Å²) in [5, 5.41) is 21.7. The third kappa shape index (κ3) is 2.22. The van der Waals surface area contributed by atoms with Gasteiger partial charge in [-0.2, -0.15) is 0 Å². The minimum absolute atomic E-state index is 0.248. The molecule has 3 atom stereocenters. The number of rotatable bonds is 3. The molecule has 0 bridgehead atoms. The van der Waals surface area contributed by atoms with Gasteiger partial charge in [-0.3, -0.25) is 0 Å². The third-order valence-corrected chi connectivity index (χ3v) is 4.86. The maximum absolute atomic E-state index is 11.4. The van der Waals surface area contributed by atoms with Crippen molar-refractivity contribution in [2.24, 2.45) is 17.1 Å². The lowest BCUT2D eigenvalue weighted by molar-refractivity contribution is -0.180. The lowest BCUT2D eigenvalue weighted by atomic mass is 9.56. The Morgan fingerprint density at radius 2 is 2.10 bits per heavy atom. The molecule has 0 saturated heterocycles. The van der Waals surface area contributed by atoms with Gasteiger partial charge in [0.15, 0.2) is 0 Å². The van der Waals surface area contributed by atoms with E-state index in [-0.39, 0.29) is 17.9 Å². The molecule has 0 radical (unpaired) electrons. The Kier molecular flexibility index (Phi) is 4.09.